The van der Waals surface area contributed by atoms with Gasteiger partial charge in [0.05, 0.1) is 44.9 Å². The first-order valence-corrected chi connectivity index (χ1v) is 18.9. The molecule has 8 rings (SSSR count). The zero-order chi connectivity index (χ0) is 36.4. The molecule has 4 aromatic rings. The maximum Gasteiger partial charge on any atom is 0.412 e. The largest absolute Gasteiger partial charge is 0.461 e. The quantitative estimate of drug-likeness (QED) is 0.176. The smallest absolute Gasteiger partial charge is 0.412 e. The fourth-order valence-electron chi connectivity index (χ4n) is 8.17. The van der Waals surface area contributed by atoms with Crippen molar-refractivity contribution < 1.29 is 28.2 Å². The van der Waals surface area contributed by atoms with Crippen molar-refractivity contribution in [3.05, 3.63) is 39.7 Å². The Labute approximate surface area is 309 Å². The number of benzene rings is 2. The molecule has 3 fully saturated rings. The van der Waals surface area contributed by atoms with E-state index >= 15 is 4.39 Å². The topological polar surface area (TPSA) is 151 Å². The first-order valence-electron chi connectivity index (χ1n) is 17.7. The molecule has 4 aliphatic rings. The van der Waals surface area contributed by atoms with E-state index in [0.29, 0.717) is 52.8 Å². The Morgan fingerprint density at radius 1 is 1.19 bits per heavy atom. The van der Waals surface area contributed by atoms with Gasteiger partial charge >= 0.3 is 12.1 Å². The van der Waals surface area contributed by atoms with Crippen LogP contribution in [0, 0.1) is 17.1 Å². The van der Waals surface area contributed by atoms with Gasteiger partial charge in [-0.1, -0.05) is 17.7 Å². The Morgan fingerprint density at radius 2 is 1.96 bits per heavy atom. The van der Waals surface area contributed by atoms with Crippen LogP contribution in [0.3, 0.4) is 0 Å². The number of fused-ring (bicyclic) bond motifs is 5. The van der Waals surface area contributed by atoms with E-state index in [-0.39, 0.29) is 51.0 Å². The van der Waals surface area contributed by atoms with Gasteiger partial charge in [-0.15, -0.1) is 11.3 Å². The fourth-order valence-corrected chi connectivity index (χ4v) is 9.59. The van der Waals surface area contributed by atoms with Crippen LogP contribution in [0.4, 0.5) is 20.0 Å². The molecule has 272 valence electrons. The highest BCUT2D eigenvalue weighted by Gasteiger charge is 2.45. The van der Waals surface area contributed by atoms with Crippen molar-refractivity contribution in [2.45, 2.75) is 89.7 Å². The molecule has 0 spiro atoms. The molecule has 12 nitrogen and oxygen atoms in total. The van der Waals surface area contributed by atoms with Gasteiger partial charge in [-0.05, 0) is 95.1 Å². The summed E-state index contributed by atoms with van der Waals surface area (Å²) in [5.41, 5.74) is 2.16. The molecule has 15 heteroatoms. The van der Waals surface area contributed by atoms with Crippen LogP contribution in [0.1, 0.15) is 76.0 Å². The Hall–Kier alpha value is -4.29. The van der Waals surface area contributed by atoms with Crippen molar-refractivity contribution in [3.63, 3.8) is 0 Å². The van der Waals surface area contributed by atoms with Crippen molar-refractivity contribution in [1.82, 2.24) is 20.2 Å². The number of piperidine rings is 1. The maximum absolute atomic E-state index is 15.5. The highest BCUT2D eigenvalue weighted by Crippen LogP contribution is 2.50. The number of halogens is 2. The van der Waals surface area contributed by atoms with E-state index in [2.05, 4.69) is 26.9 Å². The molecular weight excluding hydrogens is 709 g/mol. The van der Waals surface area contributed by atoms with E-state index in [0.717, 1.165) is 67.7 Å². The van der Waals surface area contributed by atoms with Gasteiger partial charge in [0, 0.05) is 17.5 Å². The molecular formula is C37H39ClFN7O5S. The van der Waals surface area contributed by atoms with Crippen molar-refractivity contribution in [2.75, 3.05) is 36.9 Å². The molecule has 0 bridgehead atoms. The first-order chi connectivity index (χ1) is 25.0. The predicted octanol–water partition coefficient (Wildman–Crippen LogP) is 7.25. The molecule has 2 aromatic heterocycles. The van der Waals surface area contributed by atoms with Gasteiger partial charge in [0.15, 0.2) is 0 Å². The minimum absolute atomic E-state index is 0.0622. The second kappa shape index (κ2) is 13.3. The predicted molar refractivity (Wildman–Crippen MR) is 196 cm³/mol. The number of anilines is 2. The Balaban J connectivity index is 1.30. The fraction of sp³-hybridized carbons (Fsp3) is 0.486. The zero-order valence-electron chi connectivity index (χ0n) is 29.2. The molecule has 2 aromatic carbocycles. The van der Waals surface area contributed by atoms with Gasteiger partial charge in [0.1, 0.15) is 41.0 Å². The second-order valence-electron chi connectivity index (χ2n) is 14.9. The van der Waals surface area contributed by atoms with E-state index in [1.54, 1.807) is 26.8 Å². The van der Waals surface area contributed by atoms with Crippen LogP contribution in [0.15, 0.2) is 12.1 Å². The third-order valence-electron chi connectivity index (χ3n) is 10.4. The summed E-state index contributed by atoms with van der Waals surface area (Å²) in [6.45, 7) is 8.72. The number of nitrogens with one attached hydrogen (secondary N) is 3. The Kier molecular flexibility index (Phi) is 8.89. The van der Waals surface area contributed by atoms with Crippen LogP contribution in [-0.4, -0.2) is 70.3 Å². The van der Waals surface area contributed by atoms with Crippen molar-refractivity contribution >= 4 is 66.7 Å². The molecule has 4 aliphatic heterocycles. The number of aromatic nitrogens is 2. The van der Waals surface area contributed by atoms with Crippen LogP contribution in [0.5, 0.6) is 6.01 Å². The number of thiophene rings is 1. The molecule has 0 unspecified atom stereocenters. The van der Waals surface area contributed by atoms with Gasteiger partial charge in [0.25, 0.3) is 0 Å². The highest BCUT2D eigenvalue weighted by atomic mass is 35.5. The maximum atomic E-state index is 15.5. The molecule has 2 amide bonds. The van der Waals surface area contributed by atoms with Crippen LogP contribution >= 0.6 is 22.9 Å². The van der Waals surface area contributed by atoms with Gasteiger partial charge in [-0.3, -0.25) is 15.0 Å². The number of nitriles is 1. The summed E-state index contributed by atoms with van der Waals surface area (Å²) in [5, 5.41) is 20.7. The number of ether oxygens (including phenoxy) is 3. The number of nitrogens with zero attached hydrogens (tertiary/aromatic N) is 4. The van der Waals surface area contributed by atoms with Crippen molar-refractivity contribution in [2.24, 2.45) is 0 Å². The van der Waals surface area contributed by atoms with E-state index < -0.39 is 23.6 Å². The lowest BCUT2D eigenvalue weighted by Gasteiger charge is -2.31. The molecule has 52 heavy (non-hydrogen) atoms. The summed E-state index contributed by atoms with van der Waals surface area (Å²) in [6.07, 6.45) is 4.98. The van der Waals surface area contributed by atoms with Crippen LogP contribution in [-0.2, 0) is 27.5 Å². The third kappa shape index (κ3) is 6.07. The van der Waals surface area contributed by atoms with Crippen LogP contribution < -0.4 is 20.7 Å². The average Bonchev–Trinajstić information content (AvgIpc) is 3.88. The monoisotopic (exact) mass is 747 g/mol. The lowest BCUT2D eigenvalue weighted by molar-refractivity contribution is -0.123. The molecule has 6 heterocycles. The standard InChI is InChI=1S/C37H39ClFN7O5S/c1-36(2,3)51-35(48)45-33-20(15-40)26-19(8-9-23(39)30(26)52-33)25-21-16-49-17-22(21)27-29(28(25)38)43-34(44-31(27)42-24-7-4-12-41-32(24)47)50-18-37-10-5-13-46(37)14-6-11-37/h8-9,24H,4-7,10-14,16-18H2,1-3H3,(H,41,47)(H,45,48)(H,42,43,44)/t24-/m1/s1. The number of rotatable bonds is 7. The van der Waals surface area contributed by atoms with Gasteiger partial charge in [-0.25, -0.2) is 9.18 Å². The molecule has 3 saturated heterocycles. The first kappa shape index (κ1) is 34.8. The number of carbonyl (C=O) groups excluding carboxylic acids is 2. The SMILES string of the molecule is CC(C)(C)OC(=O)Nc1sc2c(F)ccc(-c3c4c(c5c(N[C@@H]6CCCNC6=O)nc(OCC67CCCN6CCC7)nc5c3Cl)COC4)c2c1C#N. The van der Waals surface area contributed by atoms with E-state index in [1.807, 2.05) is 0 Å². The van der Waals surface area contributed by atoms with Gasteiger partial charge in [-0.2, -0.15) is 15.2 Å². The lowest BCUT2D eigenvalue weighted by atomic mass is 9.91. The zero-order valence-corrected chi connectivity index (χ0v) is 30.8. The summed E-state index contributed by atoms with van der Waals surface area (Å²) in [4.78, 5) is 38.0. The molecule has 0 radical (unpaired) electrons. The Morgan fingerprint density at radius 3 is 2.69 bits per heavy atom. The molecule has 0 aliphatic carbocycles. The Bertz CT molecular complexity index is 2170. The molecule has 3 N–H and O–H groups in total. The lowest BCUT2D eigenvalue weighted by Crippen LogP contribution is -2.44. The molecule has 0 saturated carbocycles. The number of hydrogen-bond acceptors (Lipinski definition) is 11. The molecule has 1 atom stereocenters. The third-order valence-corrected chi connectivity index (χ3v) is 11.9. The highest BCUT2D eigenvalue weighted by molar-refractivity contribution is 7.23. The van der Waals surface area contributed by atoms with Gasteiger partial charge < -0.3 is 24.8 Å². The summed E-state index contributed by atoms with van der Waals surface area (Å²) in [5.74, 6) is -0.246. The number of hydrogen-bond donors (Lipinski definition) is 3. The minimum atomic E-state index is -0.782. The van der Waals surface area contributed by atoms with E-state index in [4.69, 9.17) is 35.8 Å². The summed E-state index contributed by atoms with van der Waals surface area (Å²) in [7, 11) is 0. The van der Waals surface area contributed by atoms with E-state index in [9.17, 15) is 14.9 Å². The summed E-state index contributed by atoms with van der Waals surface area (Å²) < 4.78 is 33.6. The normalized spacial score (nSPS) is 19.7. The summed E-state index contributed by atoms with van der Waals surface area (Å²) >= 11 is 8.36. The number of carbonyl (C=O) groups is 2. The number of amides is 2. The van der Waals surface area contributed by atoms with Crippen LogP contribution in [0.2, 0.25) is 5.02 Å². The van der Waals surface area contributed by atoms with E-state index in [1.165, 1.54) is 6.07 Å². The van der Waals surface area contributed by atoms with Crippen molar-refractivity contribution in [3.8, 4) is 23.2 Å². The minimum Gasteiger partial charge on any atom is -0.461 e. The van der Waals surface area contributed by atoms with Gasteiger partial charge in [0.2, 0.25) is 5.91 Å². The van der Waals surface area contributed by atoms with Crippen molar-refractivity contribution in [1.29, 1.82) is 5.26 Å². The van der Waals surface area contributed by atoms with Crippen LogP contribution in [0.25, 0.3) is 32.1 Å². The second-order valence-corrected chi connectivity index (χ2v) is 16.3. The summed E-state index contributed by atoms with van der Waals surface area (Å²) in [6, 6.07) is 4.70. The average molecular weight is 748 g/mol.